The first-order valence-electron chi connectivity index (χ1n) is 7.99. The number of anilines is 1. The molecular weight excluding hydrogens is 342 g/mol. The Morgan fingerprint density at radius 2 is 1.92 bits per heavy atom. The van der Waals surface area contributed by atoms with Crippen molar-refractivity contribution < 1.29 is 19.1 Å². The van der Waals surface area contributed by atoms with Crippen LogP contribution >= 0.6 is 11.6 Å². The maximum Gasteiger partial charge on any atom is 0.338 e. The summed E-state index contributed by atoms with van der Waals surface area (Å²) >= 11 is 6.01. The average molecular weight is 360 g/mol. The fraction of sp³-hybridized carbons (Fsp3) is 0.263. The molecule has 0 bridgehead atoms. The first-order chi connectivity index (χ1) is 12.1. The minimum atomic E-state index is -0.502. The van der Waals surface area contributed by atoms with Gasteiger partial charge >= 0.3 is 5.97 Å². The Bertz CT molecular complexity index is 819. The van der Waals surface area contributed by atoms with Crippen molar-refractivity contribution in [2.45, 2.75) is 19.3 Å². The lowest BCUT2D eigenvalue weighted by Crippen LogP contribution is -2.21. The van der Waals surface area contributed by atoms with Crippen LogP contribution in [0.1, 0.15) is 27.9 Å². The molecule has 0 saturated carbocycles. The molecule has 1 aliphatic carbocycles. The lowest BCUT2D eigenvalue weighted by atomic mass is 10.1. The Morgan fingerprint density at radius 3 is 2.68 bits per heavy atom. The Morgan fingerprint density at radius 1 is 1.12 bits per heavy atom. The molecule has 0 aliphatic heterocycles. The number of ether oxygens (including phenoxy) is 2. The lowest BCUT2D eigenvalue weighted by molar-refractivity contribution is -0.119. The molecule has 25 heavy (non-hydrogen) atoms. The minimum absolute atomic E-state index is 0.362. The van der Waals surface area contributed by atoms with Gasteiger partial charge < -0.3 is 14.8 Å². The molecule has 1 aliphatic rings. The second-order valence-electron chi connectivity index (χ2n) is 5.81. The molecular formula is C19H18ClNO4. The van der Waals surface area contributed by atoms with E-state index in [1.165, 1.54) is 18.2 Å². The third-order valence-corrected chi connectivity index (χ3v) is 4.40. The predicted molar refractivity (Wildman–Crippen MR) is 95.4 cm³/mol. The normalized spacial score (nSPS) is 12.4. The van der Waals surface area contributed by atoms with Gasteiger partial charge in [-0.1, -0.05) is 17.7 Å². The first-order valence-corrected chi connectivity index (χ1v) is 8.37. The van der Waals surface area contributed by atoms with Crippen molar-refractivity contribution in [3.8, 4) is 5.75 Å². The monoisotopic (exact) mass is 359 g/mol. The molecule has 0 aromatic heterocycles. The maximum absolute atomic E-state index is 12.1. The summed E-state index contributed by atoms with van der Waals surface area (Å²) in [6.45, 7) is -0.362. The molecule has 6 heteroatoms. The highest BCUT2D eigenvalue weighted by molar-refractivity contribution is 6.32. The largest absolute Gasteiger partial charge is 0.495 e. The summed E-state index contributed by atoms with van der Waals surface area (Å²) in [6.07, 6.45) is 3.15. The van der Waals surface area contributed by atoms with Gasteiger partial charge in [0.05, 0.1) is 17.7 Å². The van der Waals surface area contributed by atoms with Crippen LogP contribution in [0, 0.1) is 0 Å². The summed E-state index contributed by atoms with van der Waals surface area (Å²) in [6, 6.07) is 10.4. The van der Waals surface area contributed by atoms with Gasteiger partial charge in [0.25, 0.3) is 5.91 Å². The van der Waals surface area contributed by atoms with Gasteiger partial charge in [0.15, 0.2) is 6.61 Å². The predicted octanol–water partition coefficient (Wildman–Crippen LogP) is 3.63. The fourth-order valence-corrected chi connectivity index (χ4v) is 3.11. The third-order valence-electron chi connectivity index (χ3n) is 4.10. The van der Waals surface area contributed by atoms with Crippen LogP contribution in [0.25, 0.3) is 0 Å². The number of hydrogen-bond donors (Lipinski definition) is 1. The topological polar surface area (TPSA) is 64.6 Å². The number of methoxy groups -OCH3 is 1. The van der Waals surface area contributed by atoms with Crippen LogP contribution < -0.4 is 10.1 Å². The number of carbonyl (C=O) groups is 2. The van der Waals surface area contributed by atoms with Crippen molar-refractivity contribution in [2.75, 3.05) is 19.0 Å². The first kappa shape index (κ1) is 17.3. The van der Waals surface area contributed by atoms with Crippen LogP contribution in [0.4, 0.5) is 5.69 Å². The number of carbonyl (C=O) groups excluding carboxylic acids is 2. The Kier molecular flexibility index (Phi) is 5.24. The second kappa shape index (κ2) is 7.57. The van der Waals surface area contributed by atoms with E-state index in [9.17, 15) is 9.59 Å². The molecule has 130 valence electrons. The molecule has 0 unspecified atom stereocenters. The molecule has 2 aromatic carbocycles. The molecule has 0 radical (unpaired) electrons. The summed E-state index contributed by atoms with van der Waals surface area (Å²) in [5, 5.41) is 3.01. The van der Waals surface area contributed by atoms with E-state index >= 15 is 0 Å². The zero-order valence-corrected chi connectivity index (χ0v) is 14.6. The summed E-state index contributed by atoms with van der Waals surface area (Å²) in [4.78, 5) is 24.0. The van der Waals surface area contributed by atoms with Gasteiger partial charge in [-0.15, -0.1) is 0 Å². The van der Waals surface area contributed by atoms with E-state index in [2.05, 4.69) is 5.32 Å². The van der Waals surface area contributed by atoms with Gasteiger partial charge in [-0.25, -0.2) is 4.79 Å². The summed E-state index contributed by atoms with van der Waals surface area (Å²) < 4.78 is 10.1. The summed E-state index contributed by atoms with van der Waals surface area (Å²) in [5.74, 6) is -0.420. The Hall–Kier alpha value is -2.53. The highest BCUT2D eigenvalue weighted by Crippen LogP contribution is 2.27. The number of halogens is 1. The summed E-state index contributed by atoms with van der Waals surface area (Å²) in [7, 11) is 1.51. The molecule has 5 nitrogen and oxygen atoms in total. The highest BCUT2D eigenvalue weighted by atomic mass is 35.5. The van der Waals surface area contributed by atoms with Gasteiger partial charge in [0, 0.05) is 5.69 Å². The van der Waals surface area contributed by atoms with Crippen molar-refractivity contribution in [1.82, 2.24) is 0 Å². The van der Waals surface area contributed by atoms with E-state index in [1.54, 1.807) is 24.3 Å². The van der Waals surface area contributed by atoms with E-state index in [0.717, 1.165) is 19.3 Å². The van der Waals surface area contributed by atoms with Crippen molar-refractivity contribution in [3.05, 3.63) is 58.1 Å². The van der Waals surface area contributed by atoms with E-state index in [1.807, 2.05) is 12.1 Å². The van der Waals surface area contributed by atoms with Crippen LogP contribution in [0.3, 0.4) is 0 Å². The van der Waals surface area contributed by atoms with Crippen molar-refractivity contribution >= 4 is 29.2 Å². The van der Waals surface area contributed by atoms with E-state index in [-0.39, 0.29) is 6.61 Å². The van der Waals surface area contributed by atoms with Crippen molar-refractivity contribution in [1.29, 1.82) is 0 Å². The van der Waals surface area contributed by atoms with E-state index in [0.29, 0.717) is 22.0 Å². The van der Waals surface area contributed by atoms with E-state index in [4.69, 9.17) is 21.1 Å². The van der Waals surface area contributed by atoms with E-state index < -0.39 is 11.9 Å². The molecule has 1 N–H and O–H groups in total. The van der Waals surface area contributed by atoms with Crippen LogP contribution in [-0.4, -0.2) is 25.6 Å². The van der Waals surface area contributed by atoms with Gasteiger partial charge in [0.1, 0.15) is 5.75 Å². The van der Waals surface area contributed by atoms with Crippen LogP contribution in [0.2, 0.25) is 5.02 Å². The quantitative estimate of drug-likeness (QED) is 0.828. The van der Waals surface area contributed by atoms with Gasteiger partial charge in [-0.3, -0.25) is 4.79 Å². The Labute approximate surface area is 150 Å². The zero-order valence-electron chi connectivity index (χ0n) is 13.8. The Balaban J connectivity index is 1.55. The van der Waals surface area contributed by atoms with Crippen LogP contribution in [-0.2, 0) is 22.4 Å². The molecule has 1 amide bonds. The molecule has 0 saturated heterocycles. The number of rotatable bonds is 5. The van der Waals surface area contributed by atoms with Gasteiger partial charge in [0.2, 0.25) is 0 Å². The van der Waals surface area contributed by atoms with Crippen LogP contribution in [0.5, 0.6) is 5.75 Å². The highest BCUT2D eigenvalue weighted by Gasteiger charge is 2.16. The molecule has 3 rings (SSSR count). The SMILES string of the molecule is COc1ccc(NC(=O)COC(=O)c2ccc3c(c2)CCC3)cc1Cl. The number of aryl methyl sites for hydroxylation is 2. The second-order valence-corrected chi connectivity index (χ2v) is 6.22. The smallest absolute Gasteiger partial charge is 0.338 e. The van der Waals surface area contributed by atoms with Gasteiger partial charge in [-0.05, 0) is 60.7 Å². The fourth-order valence-electron chi connectivity index (χ4n) is 2.85. The number of esters is 1. The average Bonchev–Trinajstić information content (AvgIpc) is 3.07. The molecule has 0 atom stereocenters. The zero-order chi connectivity index (χ0) is 17.8. The maximum atomic E-state index is 12.1. The minimum Gasteiger partial charge on any atom is -0.495 e. The molecule has 0 heterocycles. The molecule has 2 aromatic rings. The van der Waals surface area contributed by atoms with Crippen molar-refractivity contribution in [3.63, 3.8) is 0 Å². The van der Waals surface area contributed by atoms with Gasteiger partial charge in [-0.2, -0.15) is 0 Å². The number of hydrogen-bond acceptors (Lipinski definition) is 4. The van der Waals surface area contributed by atoms with Crippen LogP contribution in [0.15, 0.2) is 36.4 Å². The number of fused-ring (bicyclic) bond motifs is 1. The molecule has 0 spiro atoms. The summed E-state index contributed by atoms with van der Waals surface area (Å²) in [5.41, 5.74) is 3.45. The number of nitrogens with one attached hydrogen (secondary N) is 1. The lowest BCUT2D eigenvalue weighted by Gasteiger charge is -2.09. The standard InChI is InChI=1S/C19H18ClNO4/c1-24-17-8-7-15(10-16(17)20)21-18(22)11-25-19(23)14-6-5-12-3-2-4-13(12)9-14/h5-10H,2-4,11H2,1H3,(H,21,22). The van der Waals surface area contributed by atoms with Crippen molar-refractivity contribution in [2.24, 2.45) is 0 Å². The third kappa shape index (κ3) is 4.12. The molecule has 0 fully saturated rings. The number of amides is 1. The number of benzene rings is 2.